The van der Waals surface area contributed by atoms with Crippen molar-refractivity contribution in [2.75, 3.05) is 28.2 Å². The zero-order chi connectivity index (χ0) is 18.4. The first-order valence-electron chi connectivity index (χ1n) is 8.73. The number of halogens is 2. The van der Waals surface area contributed by atoms with E-state index in [0.29, 0.717) is 10.0 Å². The van der Waals surface area contributed by atoms with Crippen LogP contribution in [0.5, 0.6) is 0 Å². The number of hydrogen-bond acceptors (Lipinski definition) is 6. The highest BCUT2D eigenvalue weighted by Gasteiger charge is 2.35. The number of pyridine rings is 1. The summed E-state index contributed by atoms with van der Waals surface area (Å²) in [5.41, 5.74) is 2.68. The van der Waals surface area contributed by atoms with Crippen molar-refractivity contribution in [3.05, 3.63) is 64.7 Å². The fraction of sp³-hybridized carbons (Fsp3) is 0.211. The van der Waals surface area contributed by atoms with Gasteiger partial charge in [0, 0.05) is 41.0 Å². The van der Waals surface area contributed by atoms with E-state index in [-0.39, 0.29) is 6.17 Å². The van der Waals surface area contributed by atoms with Gasteiger partial charge in [-0.15, -0.1) is 0 Å². The molecular weight excluding hydrogens is 383 g/mol. The topological polar surface area (TPSA) is 57.2 Å². The Morgan fingerprint density at radius 3 is 2.56 bits per heavy atom. The second kappa shape index (κ2) is 6.55. The molecule has 0 amide bonds. The van der Waals surface area contributed by atoms with Gasteiger partial charge in [-0.05, 0) is 24.6 Å². The van der Waals surface area contributed by atoms with E-state index < -0.39 is 0 Å². The maximum atomic E-state index is 6.51. The first kappa shape index (κ1) is 16.6. The Morgan fingerprint density at radius 2 is 1.81 bits per heavy atom. The molecule has 1 N–H and O–H groups in total. The Bertz CT molecular complexity index is 987. The average Bonchev–Trinajstić information content (AvgIpc) is 2.99. The molecule has 1 atom stereocenters. The van der Waals surface area contributed by atoms with Gasteiger partial charge in [-0.2, -0.15) is 0 Å². The lowest BCUT2D eigenvalue weighted by Crippen LogP contribution is -2.37. The van der Waals surface area contributed by atoms with Crippen molar-refractivity contribution in [2.45, 2.75) is 12.6 Å². The molecule has 0 spiro atoms. The lowest BCUT2D eigenvalue weighted by atomic mass is 10.1. The van der Waals surface area contributed by atoms with Gasteiger partial charge < -0.3 is 10.2 Å². The number of anilines is 4. The molecule has 0 bridgehead atoms. The van der Waals surface area contributed by atoms with Gasteiger partial charge in [0.05, 0.1) is 17.6 Å². The highest BCUT2D eigenvalue weighted by Crippen LogP contribution is 2.48. The highest BCUT2D eigenvalue weighted by atomic mass is 35.5. The number of fused-ring (bicyclic) bond motifs is 1. The number of rotatable bonds is 3. The lowest BCUT2D eigenvalue weighted by Gasteiger charge is -2.33. The van der Waals surface area contributed by atoms with Crippen LogP contribution < -0.4 is 15.1 Å². The van der Waals surface area contributed by atoms with Gasteiger partial charge in [-0.1, -0.05) is 29.3 Å². The van der Waals surface area contributed by atoms with Crippen LogP contribution in [0.15, 0.2) is 49.1 Å². The van der Waals surface area contributed by atoms with Gasteiger partial charge in [0.25, 0.3) is 0 Å². The second-order valence-corrected chi connectivity index (χ2v) is 7.33. The van der Waals surface area contributed by atoms with Crippen molar-refractivity contribution in [1.82, 2.24) is 15.0 Å². The number of nitrogens with zero attached hydrogens (tertiary/aromatic N) is 5. The summed E-state index contributed by atoms with van der Waals surface area (Å²) in [4.78, 5) is 17.5. The Morgan fingerprint density at radius 1 is 1.04 bits per heavy atom. The molecule has 4 heterocycles. The number of hydrogen-bond donors (Lipinski definition) is 1. The molecule has 0 saturated carbocycles. The van der Waals surface area contributed by atoms with Gasteiger partial charge in [0.15, 0.2) is 0 Å². The van der Waals surface area contributed by atoms with E-state index in [9.17, 15) is 0 Å². The number of benzene rings is 1. The largest absolute Gasteiger partial charge is 0.358 e. The predicted molar refractivity (Wildman–Crippen MR) is 108 cm³/mol. The maximum absolute atomic E-state index is 6.51. The monoisotopic (exact) mass is 398 g/mol. The zero-order valence-corrected chi connectivity index (χ0v) is 15.8. The van der Waals surface area contributed by atoms with Crippen LogP contribution in [-0.4, -0.2) is 28.0 Å². The third kappa shape index (κ3) is 2.76. The minimum absolute atomic E-state index is 0.287. The molecule has 27 heavy (non-hydrogen) atoms. The third-order valence-corrected chi connectivity index (χ3v) is 5.61. The fourth-order valence-electron chi connectivity index (χ4n) is 3.48. The molecule has 136 valence electrons. The van der Waals surface area contributed by atoms with Crippen LogP contribution in [0.4, 0.5) is 23.0 Å². The average molecular weight is 399 g/mol. The van der Waals surface area contributed by atoms with E-state index in [2.05, 4.69) is 30.1 Å². The Hall–Kier alpha value is -2.57. The van der Waals surface area contributed by atoms with E-state index in [1.165, 1.54) is 6.42 Å². The van der Waals surface area contributed by atoms with Crippen molar-refractivity contribution >= 4 is 46.2 Å². The van der Waals surface area contributed by atoms with Crippen molar-refractivity contribution in [2.24, 2.45) is 0 Å². The predicted octanol–water partition coefficient (Wildman–Crippen LogP) is 4.65. The summed E-state index contributed by atoms with van der Waals surface area (Å²) in [6, 6.07) is 9.49. The molecule has 2 aromatic heterocycles. The molecule has 2 aliphatic rings. The van der Waals surface area contributed by atoms with Crippen molar-refractivity contribution in [1.29, 1.82) is 0 Å². The molecule has 8 heteroatoms. The molecule has 1 fully saturated rings. The van der Waals surface area contributed by atoms with Crippen LogP contribution in [0.1, 0.15) is 18.2 Å². The fourth-order valence-corrected chi connectivity index (χ4v) is 4.08. The highest BCUT2D eigenvalue weighted by molar-refractivity contribution is 6.36. The first-order valence-corrected chi connectivity index (χ1v) is 9.48. The lowest BCUT2D eigenvalue weighted by molar-refractivity contribution is 0.608. The maximum Gasteiger partial charge on any atom is 0.140 e. The van der Waals surface area contributed by atoms with Crippen LogP contribution >= 0.6 is 23.2 Å². The number of aromatic nitrogens is 3. The summed E-state index contributed by atoms with van der Waals surface area (Å²) in [5.74, 6) is 1.71. The van der Waals surface area contributed by atoms with Crippen LogP contribution in [0, 0.1) is 0 Å². The van der Waals surface area contributed by atoms with E-state index in [0.717, 1.165) is 41.7 Å². The standard InChI is InChI=1S/C19H16Cl2N6/c20-12-3-1-4-13(21)18(12)19-25-14-10-22-6-5-15(14)27(19)17-9-16(23-11-24-17)26-7-2-8-26/h1,3-6,9-11,19,25H,2,7-8H2. The van der Waals surface area contributed by atoms with Gasteiger partial charge in [0.2, 0.25) is 0 Å². The number of nitrogens with one attached hydrogen (secondary N) is 1. The molecule has 0 aliphatic carbocycles. The van der Waals surface area contributed by atoms with Crippen molar-refractivity contribution < 1.29 is 0 Å². The molecule has 3 aromatic rings. The SMILES string of the molecule is Clc1cccc(Cl)c1C1Nc2cnccc2N1c1cc(N2CCC2)ncn1. The summed E-state index contributed by atoms with van der Waals surface area (Å²) < 4.78 is 0. The summed E-state index contributed by atoms with van der Waals surface area (Å²) in [6.07, 6.45) is 6.07. The van der Waals surface area contributed by atoms with Crippen molar-refractivity contribution in [3.63, 3.8) is 0 Å². The van der Waals surface area contributed by atoms with Crippen molar-refractivity contribution in [3.8, 4) is 0 Å². The van der Waals surface area contributed by atoms with Gasteiger partial charge in [0.1, 0.15) is 24.1 Å². The van der Waals surface area contributed by atoms with Crippen LogP contribution in [0.25, 0.3) is 0 Å². The van der Waals surface area contributed by atoms with Gasteiger partial charge in [-0.25, -0.2) is 9.97 Å². The zero-order valence-electron chi connectivity index (χ0n) is 14.3. The van der Waals surface area contributed by atoms with Crippen LogP contribution in [0.2, 0.25) is 10.0 Å². The Kier molecular flexibility index (Phi) is 4.02. The van der Waals surface area contributed by atoms with E-state index in [1.54, 1.807) is 18.7 Å². The molecule has 1 saturated heterocycles. The normalized spacial score (nSPS) is 18.1. The quantitative estimate of drug-likeness (QED) is 0.692. The smallest absolute Gasteiger partial charge is 0.140 e. The first-order chi connectivity index (χ1) is 13.2. The van der Waals surface area contributed by atoms with E-state index in [4.69, 9.17) is 23.2 Å². The Labute approximate surface area is 166 Å². The van der Waals surface area contributed by atoms with E-state index in [1.807, 2.05) is 30.3 Å². The molecule has 2 aliphatic heterocycles. The molecular formula is C19H16Cl2N6. The second-order valence-electron chi connectivity index (χ2n) is 6.52. The third-order valence-electron chi connectivity index (χ3n) is 4.95. The molecule has 0 radical (unpaired) electrons. The van der Waals surface area contributed by atoms with Crippen LogP contribution in [-0.2, 0) is 0 Å². The summed E-state index contributed by atoms with van der Waals surface area (Å²) in [5, 5.41) is 4.68. The summed E-state index contributed by atoms with van der Waals surface area (Å²) in [7, 11) is 0. The molecule has 1 aromatic carbocycles. The van der Waals surface area contributed by atoms with Crippen LogP contribution in [0.3, 0.4) is 0 Å². The molecule has 1 unspecified atom stereocenters. The summed E-state index contributed by atoms with van der Waals surface area (Å²) >= 11 is 13.0. The Balaban J connectivity index is 1.64. The minimum Gasteiger partial charge on any atom is -0.358 e. The van der Waals surface area contributed by atoms with E-state index >= 15 is 0 Å². The molecule has 5 rings (SSSR count). The van der Waals surface area contributed by atoms with Gasteiger partial charge in [-0.3, -0.25) is 9.88 Å². The summed E-state index contributed by atoms with van der Waals surface area (Å²) in [6.45, 7) is 2.05. The van der Waals surface area contributed by atoms with Gasteiger partial charge >= 0.3 is 0 Å². The molecule has 6 nitrogen and oxygen atoms in total. The minimum atomic E-state index is -0.287.